The highest BCUT2D eigenvalue weighted by Gasteiger charge is 2.32. The van der Waals surface area contributed by atoms with Crippen LogP contribution in [0.1, 0.15) is 30.3 Å². The lowest BCUT2D eigenvalue weighted by Gasteiger charge is -2.40. The molecule has 0 aliphatic carbocycles. The fraction of sp³-hybridized carbons (Fsp3) is 0.579. The quantitative estimate of drug-likeness (QED) is 0.806. The maximum atomic E-state index is 5.23. The molecule has 2 atom stereocenters. The highest BCUT2D eigenvalue weighted by Crippen LogP contribution is 2.35. The van der Waals surface area contributed by atoms with Gasteiger partial charge < -0.3 is 9.64 Å². The Morgan fingerprint density at radius 2 is 2.12 bits per heavy atom. The largest absolute Gasteiger partial charge is 0.481 e. The maximum Gasteiger partial charge on any atom is 0.213 e. The van der Waals surface area contributed by atoms with Gasteiger partial charge in [-0.3, -0.25) is 9.58 Å². The second kappa shape index (κ2) is 7.97. The van der Waals surface area contributed by atoms with Gasteiger partial charge in [0.15, 0.2) is 0 Å². The Morgan fingerprint density at radius 3 is 2.84 bits per heavy atom. The van der Waals surface area contributed by atoms with Gasteiger partial charge in [-0.25, -0.2) is 4.98 Å². The van der Waals surface area contributed by atoms with E-state index >= 15 is 0 Å². The Bertz CT molecular complexity index is 686. The molecule has 1 aliphatic rings. The predicted octanol–water partition coefficient (Wildman–Crippen LogP) is 2.34. The first-order valence-electron chi connectivity index (χ1n) is 8.95. The summed E-state index contributed by atoms with van der Waals surface area (Å²) in [5.74, 6) is 1.26. The average Bonchev–Trinajstić information content (AvgIpc) is 3.01. The number of ether oxygens (including phenoxy) is 1. The summed E-state index contributed by atoms with van der Waals surface area (Å²) >= 11 is 0. The second-order valence-electron chi connectivity index (χ2n) is 7.08. The monoisotopic (exact) mass is 343 g/mol. The molecule has 0 saturated carbocycles. The SMILES string of the molecule is COc1cccc(CN(C)C[C@@H]2CCCN(C)[C@H]2c2ccnn2C)n1. The van der Waals surface area contributed by atoms with Crippen LogP contribution in [0.15, 0.2) is 30.5 Å². The van der Waals surface area contributed by atoms with Gasteiger partial charge in [-0.05, 0) is 51.5 Å². The molecule has 3 heterocycles. The standard InChI is InChI=1S/C19H29N5O/c1-22(14-16-8-5-9-18(21-16)25-4)13-15-7-6-12-23(2)19(15)17-10-11-20-24(17)3/h5,8-11,15,19H,6-7,12-14H2,1-4H3/t15-,19+/m0/s1. The first-order chi connectivity index (χ1) is 12.1. The van der Waals surface area contributed by atoms with Crippen LogP contribution in [-0.4, -0.2) is 58.9 Å². The lowest BCUT2D eigenvalue weighted by molar-refractivity contribution is 0.0869. The van der Waals surface area contributed by atoms with Gasteiger partial charge in [-0.15, -0.1) is 0 Å². The molecule has 6 nitrogen and oxygen atoms in total. The van der Waals surface area contributed by atoms with Crippen molar-refractivity contribution in [2.75, 3.05) is 34.3 Å². The number of pyridine rings is 1. The zero-order chi connectivity index (χ0) is 17.8. The molecular weight excluding hydrogens is 314 g/mol. The van der Waals surface area contributed by atoms with Crippen LogP contribution in [0.5, 0.6) is 5.88 Å². The van der Waals surface area contributed by atoms with E-state index < -0.39 is 0 Å². The lowest BCUT2D eigenvalue weighted by Crippen LogP contribution is -2.41. The molecule has 0 aromatic carbocycles. The average molecular weight is 343 g/mol. The van der Waals surface area contributed by atoms with E-state index in [0.29, 0.717) is 17.8 Å². The maximum absolute atomic E-state index is 5.23. The highest BCUT2D eigenvalue weighted by molar-refractivity contribution is 5.15. The second-order valence-corrected chi connectivity index (χ2v) is 7.08. The van der Waals surface area contributed by atoms with Gasteiger partial charge in [0.2, 0.25) is 5.88 Å². The van der Waals surface area contributed by atoms with Gasteiger partial charge in [0.25, 0.3) is 0 Å². The Morgan fingerprint density at radius 1 is 1.28 bits per heavy atom. The summed E-state index contributed by atoms with van der Waals surface area (Å²) in [6.45, 7) is 3.02. The summed E-state index contributed by atoms with van der Waals surface area (Å²) in [6.07, 6.45) is 4.40. The summed E-state index contributed by atoms with van der Waals surface area (Å²) in [5, 5.41) is 4.38. The van der Waals surface area contributed by atoms with Gasteiger partial charge in [0.1, 0.15) is 0 Å². The minimum atomic E-state index is 0.418. The topological polar surface area (TPSA) is 46.4 Å². The zero-order valence-electron chi connectivity index (χ0n) is 15.7. The van der Waals surface area contributed by atoms with Crippen LogP contribution in [0.25, 0.3) is 0 Å². The molecule has 3 rings (SSSR count). The molecular formula is C19H29N5O. The molecule has 6 heteroatoms. The van der Waals surface area contributed by atoms with Crippen LogP contribution in [0.3, 0.4) is 0 Å². The van der Waals surface area contributed by atoms with E-state index in [1.807, 2.05) is 30.1 Å². The smallest absolute Gasteiger partial charge is 0.213 e. The molecule has 0 bridgehead atoms. The van der Waals surface area contributed by atoms with Gasteiger partial charge in [0, 0.05) is 32.4 Å². The highest BCUT2D eigenvalue weighted by atomic mass is 16.5. The van der Waals surface area contributed by atoms with E-state index in [4.69, 9.17) is 4.74 Å². The zero-order valence-corrected chi connectivity index (χ0v) is 15.7. The van der Waals surface area contributed by atoms with Crippen molar-refractivity contribution in [1.82, 2.24) is 24.6 Å². The van der Waals surface area contributed by atoms with Crippen molar-refractivity contribution in [3.8, 4) is 5.88 Å². The van der Waals surface area contributed by atoms with Crippen molar-refractivity contribution < 1.29 is 4.74 Å². The van der Waals surface area contributed by atoms with E-state index in [1.165, 1.54) is 18.5 Å². The fourth-order valence-corrected chi connectivity index (χ4v) is 3.99. The van der Waals surface area contributed by atoms with Crippen LogP contribution in [0, 0.1) is 5.92 Å². The Hall–Kier alpha value is -1.92. The minimum Gasteiger partial charge on any atom is -0.481 e. The molecule has 2 aromatic heterocycles. The number of piperidine rings is 1. The van der Waals surface area contributed by atoms with Crippen molar-refractivity contribution >= 4 is 0 Å². The number of rotatable bonds is 6. The van der Waals surface area contributed by atoms with Crippen LogP contribution < -0.4 is 4.74 Å². The molecule has 0 spiro atoms. The lowest BCUT2D eigenvalue weighted by atomic mass is 9.87. The van der Waals surface area contributed by atoms with Crippen molar-refractivity contribution in [2.24, 2.45) is 13.0 Å². The molecule has 0 N–H and O–H groups in total. The number of hydrogen-bond donors (Lipinski definition) is 0. The molecule has 1 fully saturated rings. The van der Waals surface area contributed by atoms with Crippen LogP contribution in [0.2, 0.25) is 0 Å². The van der Waals surface area contributed by atoms with Crippen molar-refractivity contribution in [3.05, 3.63) is 41.9 Å². The molecule has 136 valence electrons. The Balaban J connectivity index is 1.69. The van der Waals surface area contributed by atoms with Crippen molar-refractivity contribution in [3.63, 3.8) is 0 Å². The molecule has 1 saturated heterocycles. The Labute approximate surface area is 150 Å². The normalized spacial score (nSPS) is 21.6. The van der Waals surface area contributed by atoms with Gasteiger partial charge in [0.05, 0.1) is 24.5 Å². The number of hydrogen-bond acceptors (Lipinski definition) is 5. The van der Waals surface area contributed by atoms with Crippen LogP contribution in [-0.2, 0) is 13.6 Å². The van der Waals surface area contributed by atoms with E-state index in [9.17, 15) is 0 Å². The third kappa shape index (κ3) is 4.19. The summed E-state index contributed by atoms with van der Waals surface area (Å²) in [5.41, 5.74) is 2.35. The van der Waals surface area contributed by atoms with Crippen molar-refractivity contribution in [2.45, 2.75) is 25.4 Å². The molecule has 0 amide bonds. The predicted molar refractivity (Wildman–Crippen MR) is 98.4 cm³/mol. The molecule has 25 heavy (non-hydrogen) atoms. The summed E-state index contributed by atoms with van der Waals surface area (Å²) in [6, 6.07) is 8.52. The molecule has 2 aromatic rings. The Kier molecular flexibility index (Phi) is 5.71. The summed E-state index contributed by atoms with van der Waals surface area (Å²) < 4.78 is 7.25. The first-order valence-corrected chi connectivity index (χ1v) is 8.95. The fourth-order valence-electron chi connectivity index (χ4n) is 3.99. The summed E-state index contributed by atoms with van der Waals surface area (Å²) in [4.78, 5) is 9.38. The summed E-state index contributed by atoms with van der Waals surface area (Å²) in [7, 11) is 8.11. The van der Waals surface area contributed by atoms with E-state index in [-0.39, 0.29) is 0 Å². The third-order valence-corrected chi connectivity index (χ3v) is 5.14. The molecule has 0 unspecified atom stereocenters. The van der Waals surface area contributed by atoms with Gasteiger partial charge in [-0.2, -0.15) is 5.10 Å². The van der Waals surface area contributed by atoms with Crippen LogP contribution >= 0.6 is 0 Å². The number of methoxy groups -OCH3 is 1. The molecule has 0 radical (unpaired) electrons. The number of likely N-dealkylation sites (tertiary alicyclic amines) is 1. The third-order valence-electron chi connectivity index (χ3n) is 5.14. The van der Waals surface area contributed by atoms with E-state index in [0.717, 1.165) is 25.3 Å². The minimum absolute atomic E-state index is 0.418. The van der Waals surface area contributed by atoms with Crippen LogP contribution in [0.4, 0.5) is 0 Å². The number of aryl methyl sites for hydroxylation is 1. The number of nitrogens with zero attached hydrogens (tertiary/aromatic N) is 5. The number of aromatic nitrogens is 3. The molecule has 1 aliphatic heterocycles. The van der Waals surface area contributed by atoms with Gasteiger partial charge in [-0.1, -0.05) is 6.07 Å². The van der Waals surface area contributed by atoms with E-state index in [2.05, 4.69) is 46.1 Å². The van der Waals surface area contributed by atoms with Crippen molar-refractivity contribution in [1.29, 1.82) is 0 Å². The van der Waals surface area contributed by atoms with Gasteiger partial charge >= 0.3 is 0 Å². The van der Waals surface area contributed by atoms with E-state index in [1.54, 1.807) is 7.11 Å². The first kappa shape index (κ1) is 17.9.